The Morgan fingerprint density at radius 3 is 1.95 bits per heavy atom. The zero-order valence-electron chi connectivity index (χ0n) is 11.7. The largest absolute Gasteiger partial charge is 0.320 e. The highest BCUT2D eigenvalue weighted by molar-refractivity contribution is 6.36. The van der Waals surface area contributed by atoms with E-state index in [1.165, 1.54) is 5.56 Å². The average Bonchev–Trinajstić information content (AvgIpc) is 2.46. The molecule has 0 saturated carbocycles. The molecule has 0 aliphatic rings. The van der Waals surface area contributed by atoms with Crippen molar-refractivity contribution in [3.8, 4) is 0 Å². The summed E-state index contributed by atoms with van der Waals surface area (Å²) in [6.45, 7) is 4.41. The number of hydrogen-bond donors (Lipinski definition) is 1. The second-order valence-electron chi connectivity index (χ2n) is 5.09. The minimum absolute atomic E-state index is 0.304. The lowest BCUT2D eigenvalue weighted by molar-refractivity contribution is 0.732. The first-order valence-corrected chi connectivity index (χ1v) is 7.59. The van der Waals surface area contributed by atoms with Gasteiger partial charge in [-0.3, -0.25) is 0 Å². The lowest BCUT2D eigenvalue weighted by Gasteiger charge is -2.17. The second-order valence-corrected chi connectivity index (χ2v) is 5.90. The highest BCUT2D eigenvalue weighted by atomic mass is 35.5. The second kappa shape index (κ2) is 6.62. The van der Waals surface area contributed by atoms with Gasteiger partial charge in [0.05, 0.1) is 6.04 Å². The van der Waals surface area contributed by atoms with Crippen LogP contribution in [0, 0.1) is 0 Å². The van der Waals surface area contributed by atoms with Gasteiger partial charge < -0.3 is 5.73 Å². The number of nitrogens with two attached hydrogens (primary N) is 1. The first kappa shape index (κ1) is 15.4. The molecule has 0 fully saturated rings. The zero-order chi connectivity index (χ0) is 14.7. The van der Waals surface area contributed by atoms with Gasteiger partial charge in [-0.1, -0.05) is 67.4 Å². The first-order valence-electron chi connectivity index (χ1n) is 6.84. The Morgan fingerprint density at radius 1 is 0.950 bits per heavy atom. The third-order valence-electron chi connectivity index (χ3n) is 3.79. The number of rotatable bonds is 4. The fraction of sp³-hybridized carbons (Fsp3) is 0.294. The summed E-state index contributed by atoms with van der Waals surface area (Å²) in [5, 5.41) is 1.21. The van der Waals surface area contributed by atoms with Gasteiger partial charge in [0.2, 0.25) is 0 Å². The van der Waals surface area contributed by atoms with Crippen LogP contribution in [0.3, 0.4) is 0 Å². The maximum atomic E-state index is 6.31. The molecule has 2 atom stereocenters. The van der Waals surface area contributed by atoms with Crippen molar-refractivity contribution in [2.45, 2.75) is 32.2 Å². The van der Waals surface area contributed by atoms with Crippen LogP contribution in [-0.4, -0.2) is 0 Å². The number of benzene rings is 2. The van der Waals surface area contributed by atoms with Crippen molar-refractivity contribution in [3.05, 3.63) is 69.2 Å². The van der Waals surface area contributed by atoms with Crippen LogP contribution in [0.25, 0.3) is 0 Å². The third-order valence-corrected chi connectivity index (χ3v) is 4.45. The molecular formula is C17H19Cl2N. The van der Waals surface area contributed by atoms with Crippen LogP contribution >= 0.6 is 23.2 Å². The van der Waals surface area contributed by atoms with Crippen LogP contribution in [-0.2, 0) is 0 Å². The van der Waals surface area contributed by atoms with Gasteiger partial charge in [0.15, 0.2) is 0 Å². The van der Waals surface area contributed by atoms with E-state index in [1.807, 2.05) is 18.2 Å². The molecule has 0 radical (unpaired) electrons. The van der Waals surface area contributed by atoms with Crippen molar-refractivity contribution in [1.82, 2.24) is 0 Å². The van der Waals surface area contributed by atoms with Crippen molar-refractivity contribution in [3.63, 3.8) is 0 Å². The molecule has 0 heterocycles. The van der Waals surface area contributed by atoms with E-state index in [1.54, 1.807) is 0 Å². The predicted molar refractivity (Wildman–Crippen MR) is 87.6 cm³/mol. The lowest BCUT2D eigenvalue weighted by Crippen LogP contribution is -2.13. The molecule has 2 unspecified atom stereocenters. The molecule has 0 aromatic heterocycles. The fourth-order valence-electron chi connectivity index (χ4n) is 2.24. The van der Waals surface area contributed by atoms with Gasteiger partial charge in [-0.15, -0.1) is 0 Å². The molecule has 0 spiro atoms. The quantitative estimate of drug-likeness (QED) is 0.786. The molecule has 2 rings (SSSR count). The summed E-state index contributed by atoms with van der Waals surface area (Å²) in [6, 6.07) is 13.5. The Hall–Kier alpha value is -1.02. The van der Waals surface area contributed by atoms with Gasteiger partial charge in [0.25, 0.3) is 0 Å². The van der Waals surface area contributed by atoms with E-state index in [-0.39, 0.29) is 6.04 Å². The topological polar surface area (TPSA) is 26.0 Å². The molecule has 0 saturated heterocycles. The van der Waals surface area contributed by atoms with E-state index >= 15 is 0 Å². The summed E-state index contributed by atoms with van der Waals surface area (Å²) >= 11 is 12.4. The smallest absolute Gasteiger partial charge is 0.0581 e. The minimum atomic E-state index is -0.304. The number of halogens is 2. The van der Waals surface area contributed by atoms with E-state index in [4.69, 9.17) is 28.9 Å². The van der Waals surface area contributed by atoms with Crippen molar-refractivity contribution < 1.29 is 0 Å². The Kier molecular flexibility index (Phi) is 5.09. The van der Waals surface area contributed by atoms with Crippen LogP contribution in [0.5, 0.6) is 0 Å². The summed E-state index contributed by atoms with van der Waals surface area (Å²) in [5.41, 5.74) is 9.44. The van der Waals surface area contributed by atoms with Gasteiger partial charge in [-0.25, -0.2) is 0 Å². The van der Waals surface area contributed by atoms with Gasteiger partial charge >= 0.3 is 0 Å². The average molecular weight is 308 g/mol. The summed E-state index contributed by atoms with van der Waals surface area (Å²) < 4.78 is 0. The van der Waals surface area contributed by atoms with E-state index in [0.717, 1.165) is 17.5 Å². The molecule has 0 amide bonds. The predicted octanol–water partition coefficient (Wildman–Crippen LogP) is 5.56. The van der Waals surface area contributed by atoms with Crippen LogP contribution in [0.15, 0.2) is 42.5 Å². The summed E-state index contributed by atoms with van der Waals surface area (Å²) in [4.78, 5) is 0. The van der Waals surface area contributed by atoms with Gasteiger partial charge in [0.1, 0.15) is 0 Å². The van der Waals surface area contributed by atoms with Gasteiger partial charge in [0, 0.05) is 15.6 Å². The molecular weight excluding hydrogens is 289 g/mol. The standard InChI is InChI=1S/C17H19Cl2N/c1-3-11(2)12-7-9-13(10-8-12)17(20)16-14(18)5-4-6-15(16)19/h4-11,17H,3,20H2,1-2H3. The Bertz CT molecular complexity index is 558. The van der Waals surface area contributed by atoms with Crippen LogP contribution < -0.4 is 5.73 Å². The number of hydrogen-bond acceptors (Lipinski definition) is 1. The normalized spacial score (nSPS) is 14.1. The maximum absolute atomic E-state index is 6.31. The summed E-state index contributed by atoms with van der Waals surface area (Å²) in [6.07, 6.45) is 1.13. The molecule has 2 aromatic carbocycles. The first-order chi connectivity index (χ1) is 9.54. The third kappa shape index (κ3) is 3.17. The molecule has 0 bridgehead atoms. The van der Waals surface area contributed by atoms with E-state index < -0.39 is 0 Å². The molecule has 106 valence electrons. The summed E-state index contributed by atoms with van der Waals surface area (Å²) in [7, 11) is 0. The monoisotopic (exact) mass is 307 g/mol. The Labute approximate surface area is 130 Å². The maximum Gasteiger partial charge on any atom is 0.0581 e. The van der Waals surface area contributed by atoms with Crippen molar-refractivity contribution in [2.75, 3.05) is 0 Å². The van der Waals surface area contributed by atoms with Crippen LogP contribution in [0.2, 0.25) is 10.0 Å². The molecule has 1 nitrogen and oxygen atoms in total. The highest BCUT2D eigenvalue weighted by Crippen LogP contribution is 2.33. The van der Waals surface area contributed by atoms with E-state index in [0.29, 0.717) is 16.0 Å². The molecule has 2 aromatic rings. The zero-order valence-corrected chi connectivity index (χ0v) is 13.2. The fourth-order valence-corrected chi connectivity index (χ4v) is 2.87. The van der Waals surface area contributed by atoms with Crippen molar-refractivity contribution in [2.24, 2.45) is 5.73 Å². The lowest BCUT2D eigenvalue weighted by atomic mass is 9.94. The van der Waals surface area contributed by atoms with Gasteiger partial charge in [-0.2, -0.15) is 0 Å². The molecule has 0 aliphatic carbocycles. The van der Waals surface area contributed by atoms with E-state index in [2.05, 4.69) is 38.1 Å². The molecule has 3 heteroatoms. The molecule has 20 heavy (non-hydrogen) atoms. The van der Waals surface area contributed by atoms with Gasteiger partial charge in [-0.05, 0) is 35.6 Å². The summed E-state index contributed by atoms with van der Waals surface area (Å²) in [5.74, 6) is 0.559. The SMILES string of the molecule is CCC(C)c1ccc(C(N)c2c(Cl)cccc2Cl)cc1. The highest BCUT2D eigenvalue weighted by Gasteiger charge is 2.16. The molecule has 0 aliphatic heterocycles. The van der Waals surface area contributed by atoms with Crippen molar-refractivity contribution in [1.29, 1.82) is 0 Å². The Balaban J connectivity index is 2.32. The van der Waals surface area contributed by atoms with E-state index in [9.17, 15) is 0 Å². The van der Waals surface area contributed by atoms with Crippen LogP contribution in [0.1, 0.15) is 48.9 Å². The van der Waals surface area contributed by atoms with Crippen LogP contribution in [0.4, 0.5) is 0 Å². The molecule has 2 N–H and O–H groups in total. The van der Waals surface area contributed by atoms with Crippen molar-refractivity contribution >= 4 is 23.2 Å². The minimum Gasteiger partial charge on any atom is -0.320 e. The Morgan fingerprint density at radius 2 is 1.45 bits per heavy atom.